The van der Waals surface area contributed by atoms with E-state index in [2.05, 4.69) is 55.2 Å². The zero-order valence-electron chi connectivity index (χ0n) is 18.2. The average Bonchev–Trinajstić information content (AvgIpc) is 2.80. The first-order valence-corrected chi connectivity index (χ1v) is 10.9. The van der Waals surface area contributed by atoms with E-state index in [1.165, 1.54) is 50.2 Å². The summed E-state index contributed by atoms with van der Waals surface area (Å²) in [6.45, 7) is 5.21. The summed E-state index contributed by atoms with van der Waals surface area (Å²) in [5, 5.41) is 2.87. The molecule has 2 nitrogen and oxygen atoms in total. The summed E-state index contributed by atoms with van der Waals surface area (Å²) in [6.07, 6.45) is 14.1. The van der Waals surface area contributed by atoms with Crippen molar-refractivity contribution in [1.29, 1.82) is 0 Å². The number of hydrogen-bond donors (Lipinski definition) is 1. The predicted molar refractivity (Wildman–Crippen MR) is 126 cm³/mol. The van der Waals surface area contributed by atoms with Gasteiger partial charge in [-0.15, -0.1) is 0 Å². The summed E-state index contributed by atoms with van der Waals surface area (Å²) in [5.41, 5.74) is 3.99. The Morgan fingerprint density at radius 2 is 1.70 bits per heavy atom. The number of rotatable bonds is 7. The smallest absolute Gasteiger partial charge is 0.146 e. The van der Waals surface area contributed by atoms with Gasteiger partial charge in [-0.2, -0.15) is 0 Å². The molecule has 1 saturated carbocycles. The number of benzene rings is 2. The number of carbonyl (C=O) groups excluding carboxylic acids is 1. The Hall–Kier alpha value is -2.68. The van der Waals surface area contributed by atoms with Crippen LogP contribution >= 0.6 is 0 Å². The monoisotopic (exact) mass is 407 g/mol. The highest BCUT2D eigenvalue weighted by molar-refractivity contribution is 5.66. The minimum Gasteiger partial charge on any atom is -0.386 e. The Morgan fingerprint density at radius 1 is 1.07 bits per heavy atom. The van der Waals surface area contributed by atoms with E-state index in [9.17, 15) is 4.39 Å². The maximum atomic E-state index is 14.0. The quantitative estimate of drug-likeness (QED) is 0.292. The molecule has 0 aromatic heterocycles. The highest BCUT2D eigenvalue weighted by atomic mass is 19.1. The molecule has 30 heavy (non-hydrogen) atoms. The van der Waals surface area contributed by atoms with Gasteiger partial charge >= 0.3 is 0 Å². The number of hydrogen-bond acceptors (Lipinski definition) is 2. The first-order chi connectivity index (χ1) is 14.6. The van der Waals surface area contributed by atoms with Crippen LogP contribution in [0.4, 0.5) is 10.1 Å². The van der Waals surface area contributed by atoms with E-state index < -0.39 is 0 Å². The van der Waals surface area contributed by atoms with Crippen molar-refractivity contribution >= 4 is 12.0 Å². The zero-order chi connectivity index (χ0) is 21.8. The van der Waals surface area contributed by atoms with Crippen molar-refractivity contribution in [2.45, 2.75) is 51.4 Å². The van der Waals surface area contributed by atoms with E-state index in [0.717, 1.165) is 17.0 Å². The van der Waals surface area contributed by atoms with Crippen molar-refractivity contribution in [2.24, 2.45) is 5.92 Å². The van der Waals surface area contributed by atoms with E-state index >= 15 is 0 Å². The third-order valence-electron chi connectivity index (χ3n) is 5.87. The summed E-state index contributed by atoms with van der Waals surface area (Å²) in [5.74, 6) is 1.38. The van der Waals surface area contributed by atoms with Crippen molar-refractivity contribution < 1.29 is 9.18 Å². The summed E-state index contributed by atoms with van der Waals surface area (Å²) in [6, 6.07) is 14.1. The molecule has 1 aliphatic rings. The number of halogens is 1. The molecule has 3 rings (SSSR count). The molecule has 0 radical (unpaired) electrons. The van der Waals surface area contributed by atoms with Crippen LogP contribution in [0.15, 0.2) is 67.3 Å². The van der Waals surface area contributed by atoms with Crippen LogP contribution in [0.2, 0.25) is 0 Å². The van der Waals surface area contributed by atoms with Gasteiger partial charge in [0.05, 0.1) is 5.69 Å². The van der Waals surface area contributed by atoms with Gasteiger partial charge in [-0.3, -0.25) is 4.79 Å². The summed E-state index contributed by atoms with van der Waals surface area (Å²) in [7, 11) is 1.74. The van der Waals surface area contributed by atoms with Crippen LogP contribution in [-0.4, -0.2) is 13.3 Å². The van der Waals surface area contributed by atoms with Crippen LogP contribution in [0.5, 0.6) is 0 Å². The molecule has 3 heteroatoms. The number of aldehydes is 1. The molecule has 0 amide bonds. The Balaban J connectivity index is 0.000000735. The summed E-state index contributed by atoms with van der Waals surface area (Å²) >= 11 is 0. The van der Waals surface area contributed by atoms with Crippen LogP contribution in [0.3, 0.4) is 0 Å². The first kappa shape index (κ1) is 23.6. The minimum atomic E-state index is -0.203. The van der Waals surface area contributed by atoms with E-state index in [1.807, 2.05) is 6.07 Å². The average molecular weight is 408 g/mol. The molecule has 1 aliphatic carbocycles. The molecule has 1 fully saturated rings. The van der Waals surface area contributed by atoms with E-state index in [1.54, 1.807) is 19.2 Å². The van der Waals surface area contributed by atoms with Gasteiger partial charge in [0, 0.05) is 7.05 Å². The third-order valence-corrected chi connectivity index (χ3v) is 5.87. The lowest BCUT2D eigenvalue weighted by Crippen LogP contribution is -2.13. The molecule has 0 aliphatic heterocycles. The lowest BCUT2D eigenvalue weighted by atomic mass is 9.77. The van der Waals surface area contributed by atoms with Crippen molar-refractivity contribution in [2.75, 3.05) is 12.4 Å². The van der Waals surface area contributed by atoms with Gasteiger partial charge in [0.1, 0.15) is 12.1 Å². The van der Waals surface area contributed by atoms with Gasteiger partial charge in [-0.25, -0.2) is 4.39 Å². The van der Waals surface area contributed by atoms with Crippen molar-refractivity contribution in [1.82, 2.24) is 0 Å². The van der Waals surface area contributed by atoms with E-state index in [4.69, 9.17) is 4.79 Å². The maximum absolute atomic E-state index is 14.0. The van der Waals surface area contributed by atoms with Crippen molar-refractivity contribution in [3.63, 3.8) is 0 Å². The number of allylic oxidation sites excluding steroid dienone is 3. The first-order valence-electron chi connectivity index (χ1n) is 10.9. The highest BCUT2D eigenvalue weighted by Gasteiger charge is 2.21. The second kappa shape index (κ2) is 12.8. The second-order valence-corrected chi connectivity index (χ2v) is 7.80. The van der Waals surface area contributed by atoms with Gasteiger partial charge in [-0.05, 0) is 92.2 Å². The Bertz CT molecular complexity index is 811. The van der Waals surface area contributed by atoms with Crippen LogP contribution in [0.25, 0.3) is 11.1 Å². The fourth-order valence-corrected chi connectivity index (χ4v) is 4.13. The van der Waals surface area contributed by atoms with Gasteiger partial charge in [0.25, 0.3) is 0 Å². The zero-order valence-corrected chi connectivity index (χ0v) is 18.2. The summed E-state index contributed by atoms with van der Waals surface area (Å²) < 4.78 is 14.0. The molecule has 2 aromatic rings. The molecule has 0 saturated heterocycles. The van der Waals surface area contributed by atoms with Gasteiger partial charge in [-0.1, -0.05) is 49.1 Å². The number of anilines is 1. The molecule has 0 spiro atoms. The van der Waals surface area contributed by atoms with Crippen molar-refractivity contribution in [3.05, 3.63) is 78.7 Å². The fourth-order valence-electron chi connectivity index (χ4n) is 4.13. The number of nitrogens with one attached hydrogen (secondary N) is 1. The molecule has 0 heterocycles. The topological polar surface area (TPSA) is 29.1 Å². The second-order valence-electron chi connectivity index (χ2n) is 7.80. The molecule has 0 unspecified atom stereocenters. The largest absolute Gasteiger partial charge is 0.386 e. The molecule has 0 atom stereocenters. The van der Waals surface area contributed by atoms with Gasteiger partial charge < -0.3 is 5.32 Å². The molecule has 160 valence electrons. The van der Waals surface area contributed by atoms with Gasteiger partial charge in [0.15, 0.2) is 0 Å². The Labute approximate surface area is 180 Å². The predicted octanol–water partition coefficient (Wildman–Crippen LogP) is 7.54. The van der Waals surface area contributed by atoms with E-state index in [-0.39, 0.29) is 5.82 Å². The Morgan fingerprint density at radius 3 is 2.23 bits per heavy atom. The molecular weight excluding hydrogens is 373 g/mol. The van der Waals surface area contributed by atoms with E-state index in [0.29, 0.717) is 17.9 Å². The molecule has 1 N–H and O–H groups in total. The maximum Gasteiger partial charge on any atom is 0.146 e. The minimum absolute atomic E-state index is 0.203. The molecule has 0 bridgehead atoms. The van der Waals surface area contributed by atoms with Crippen LogP contribution < -0.4 is 5.32 Å². The van der Waals surface area contributed by atoms with Crippen LogP contribution in [0.1, 0.15) is 56.9 Å². The SMILES string of the molecule is C/C=C/CCC1CCC(c2ccc(-c3ccc(NC)c(F)c3)cc2)CC1.C=CC=O. The molecular formula is C27H34FNO. The standard InChI is InChI=1S/C24H30FN.C3H4O/c1-3-4-5-6-18-7-9-19(10-8-18)20-11-13-21(14-12-20)22-15-16-24(26-2)23(25)17-22;1-2-3-4/h3-4,11-19,26H,5-10H2,1-2H3;2-3H,1H2/b4-3+;. The third kappa shape index (κ3) is 6.98. The lowest BCUT2D eigenvalue weighted by molar-refractivity contribution is -0.104. The van der Waals surface area contributed by atoms with Crippen molar-refractivity contribution in [3.8, 4) is 11.1 Å². The Kier molecular flexibility index (Phi) is 10.1. The summed E-state index contributed by atoms with van der Waals surface area (Å²) in [4.78, 5) is 9.06. The van der Waals surface area contributed by atoms with Crippen LogP contribution in [0, 0.1) is 11.7 Å². The molecule has 2 aromatic carbocycles. The fraction of sp³-hybridized carbons (Fsp3) is 0.370. The lowest BCUT2D eigenvalue weighted by Gasteiger charge is -2.28. The van der Waals surface area contributed by atoms with Gasteiger partial charge in [0.2, 0.25) is 0 Å². The normalized spacial score (nSPS) is 18.4. The van der Waals surface area contributed by atoms with Crippen LogP contribution in [-0.2, 0) is 4.79 Å². The highest BCUT2D eigenvalue weighted by Crippen LogP contribution is 2.38. The number of carbonyl (C=O) groups is 1.